The van der Waals surface area contributed by atoms with Crippen LogP contribution in [0.25, 0.3) is 0 Å². The lowest BCUT2D eigenvalue weighted by Gasteiger charge is -2.12. The molecule has 0 saturated carbocycles. The Morgan fingerprint density at radius 1 is 1.29 bits per heavy atom. The number of aromatic carboxylic acids is 1. The molecule has 0 N–H and O–H groups in total. The topological polar surface area (TPSA) is 58.6 Å². The molecule has 0 unspecified atom stereocenters. The summed E-state index contributed by atoms with van der Waals surface area (Å²) in [5, 5.41) is 10.7. The number of carboxylic acids is 1. The van der Waals surface area contributed by atoms with Crippen molar-refractivity contribution in [2.45, 2.75) is 0 Å². The molecular weight excluding hydrogens is 299 g/mol. The van der Waals surface area contributed by atoms with Gasteiger partial charge in [-0.15, -0.1) is 0 Å². The molecule has 0 atom stereocenters. The molecule has 1 aromatic carbocycles. The molecule has 0 fully saturated rings. The van der Waals surface area contributed by atoms with Gasteiger partial charge in [0.25, 0.3) is 0 Å². The van der Waals surface area contributed by atoms with Crippen molar-refractivity contribution in [3.05, 3.63) is 21.3 Å². The summed E-state index contributed by atoms with van der Waals surface area (Å²) in [6.45, 7) is 0. The summed E-state index contributed by atoms with van der Waals surface area (Å²) in [5.74, 6) is -0.343. The van der Waals surface area contributed by atoms with Crippen LogP contribution in [0.5, 0.6) is 11.5 Å². The van der Waals surface area contributed by atoms with E-state index in [1.807, 2.05) is 22.6 Å². The Morgan fingerprint density at radius 2 is 1.79 bits per heavy atom. The monoisotopic (exact) mass is 307 g/mol. The fraction of sp³-hybridized carbons (Fsp3) is 0.222. The van der Waals surface area contributed by atoms with Crippen molar-refractivity contribution in [1.29, 1.82) is 0 Å². The number of carboxylic acid groups (broad SMARTS) is 1. The van der Waals surface area contributed by atoms with E-state index in [0.29, 0.717) is 15.1 Å². The average Bonchev–Trinajstić information content (AvgIpc) is 2.16. The SMILES string of the molecule is COc1cc(I)c(C(=O)[O-])cc1OC. The number of rotatable bonds is 3. The molecule has 1 rings (SSSR count). The molecule has 14 heavy (non-hydrogen) atoms. The summed E-state index contributed by atoms with van der Waals surface area (Å²) >= 11 is 1.90. The molecule has 5 heteroatoms. The number of benzene rings is 1. The Kier molecular flexibility index (Phi) is 3.56. The lowest BCUT2D eigenvalue weighted by atomic mass is 10.2. The molecule has 0 aromatic heterocycles. The van der Waals surface area contributed by atoms with Crippen molar-refractivity contribution in [2.75, 3.05) is 14.2 Å². The molecule has 0 bridgehead atoms. The van der Waals surface area contributed by atoms with Gasteiger partial charge in [-0.2, -0.15) is 0 Å². The highest BCUT2D eigenvalue weighted by atomic mass is 127. The van der Waals surface area contributed by atoms with Gasteiger partial charge in [-0.05, 0) is 34.7 Å². The van der Waals surface area contributed by atoms with Gasteiger partial charge >= 0.3 is 0 Å². The summed E-state index contributed by atoms with van der Waals surface area (Å²) < 4.78 is 10.5. The fourth-order valence-corrected chi connectivity index (χ4v) is 1.67. The first-order valence-electron chi connectivity index (χ1n) is 3.73. The zero-order valence-electron chi connectivity index (χ0n) is 7.67. The first-order valence-corrected chi connectivity index (χ1v) is 4.81. The van der Waals surface area contributed by atoms with Gasteiger partial charge in [0.05, 0.1) is 20.2 Å². The number of halogens is 1. The lowest BCUT2D eigenvalue weighted by molar-refractivity contribution is -0.255. The van der Waals surface area contributed by atoms with E-state index in [9.17, 15) is 9.90 Å². The molecule has 0 heterocycles. The Morgan fingerprint density at radius 3 is 2.21 bits per heavy atom. The quantitative estimate of drug-likeness (QED) is 0.770. The van der Waals surface area contributed by atoms with Crippen LogP contribution in [0.1, 0.15) is 10.4 Å². The maximum absolute atomic E-state index is 10.7. The van der Waals surface area contributed by atoms with Gasteiger partial charge in [-0.3, -0.25) is 0 Å². The molecule has 0 aliphatic carbocycles. The second kappa shape index (κ2) is 4.50. The Balaban J connectivity index is 3.30. The lowest BCUT2D eigenvalue weighted by Crippen LogP contribution is -2.23. The van der Waals surface area contributed by atoms with Crippen LogP contribution >= 0.6 is 22.6 Å². The molecular formula is C9H8IO4-. The number of carbonyl (C=O) groups is 1. The maximum Gasteiger partial charge on any atom is 0.161 e. The highest BCUT2D eigenvalue weighted by Gasteiger charge is 2.09. The standard InChI is InChI=1S/C9H9IO4/c1-13-7-3-5(9(11)12)6(10)4-8(7)14-2/h3-4H,1-2H3,(H,11,12)/p-1. The molecule has 1 aromatic rings. The largest absolute Gasteiger partial charge is 0.545 e. The second-order valence-corrected chi connectivity index (χ2v) is 3.64. The van der Waals surface area contributed by atoms with Crippen LogP contribution in [0.3, 0.4) is 0 Å². The molecule has 0 aliphatic rings. The number of ether oxygens (including phenoxy) is 2. The first-order chi connectivity index (χ1) is 6.60. The molecule has 76 valence electrons. The third-order valence-corrected chi connectivity index (χ3v) is 2.59. The third kappa shape index (κ3) is 2.09. The number of carbonyl (C=O) groups excluding carboxylic acids is 1. The van der Waals surface area contributed by atoms with E-state index in [1.165, 1.54) is 20.3 Å². The number of hydrogen-bond donors (Lipinski definition) is 0. The van der Waals surface area contributed by atoms with Crippen LogP contribution in [0.2, 0.25) is 0 Å². The Hall–Kier alpha value is -0.980. The smallest absolute Gasteiger partial charge is 0.161 e. The van der Waals surface area contributed by atoms with Crippen LogP contribution in [-0.4, -0.2) is 20.2 Å². The van der Waals surface area contributed by atoms with E-state index in [2.05, 4.69) is 0 Å². The summed E-state index contributed by atoms with van der Waals surface area (Å²) in [7, 11) is 2.94. The highest BCUT2D eigenvalue weighted by Crippen LogP contribution is 2.30. The zero-order chi connectivity index (χ0) is 10.7. The van der Waals surface area contributed by atoms with E-state index < -0.39 is 5.97 Å². The van der Waals surface area contributed by atoms with E-state index in [4.69, 9.17) is 9.47 Å². The predicted molar refractivity (Wildman–Crippen MR) is 56.6 cm³/mol. The summed E-state index contributed by atoms with van der Waals surface area (Å²) in [6, 6.07) is 2.97. The number of hydrogen-bond acceptors (Lipinski definition) is 4. The minimum atomic E-state index is -1.23. The second-order valence-electron chi connectivity index (χ2n) is 2.47. The van der Waals surface area contributed by atoms with Crippen molar-refractivity contribution in [3.63, 3.8) is 0 Å². The molecule has 0 aliphatic heterocycles. The van der Waals surface area contributed by atoms with Gasteiger partial charge in [0.2, 0.25) is 0 Å². The van der Waals surface area contributed by atoms with E-state index in [0.717, 1.165) is 0 Å². The van der Waals surface area contributed by atoms with Gasteiger partial charge in [-0.25, -0.2) is 0 Å². The summed E-state index contributed by atoms with van der Waals surface area (Å²) in [6.07, 6.45) is 0. The van der Waals surface area contributed by atoms with Gasteiger partial charge in [0, 0.05) is 9.13 Å². The van der Waals surface area contributed by atoms with E-state index in [1.54, 1.807) is 6.07 Å². The van der Waals surface area contributed by atoms with E-state index >= 15 is 0 Å². The third-order valence-electron chi connectivity index (χ3n) is 1.69. The molecule has 0 spiro atoms. The van der Waals surface area contributed by atoms with Crippen molar-refractivity contribution in [3.8, 4) is 11.5 Å². The minimum absolute atomic E-state index is 0.100. The van der Waals surface area contributed by atoms with Crippen LogP contribution in [0.4, 0.5) is 0 Å². The van der Waals surface area contributed by atoms with Gasteiger partial charge in [0.1, 0.15) is 0 Å². The summed E-state index contributed by atoms with van der Waals surface area (Å²) in [4.78, 5) is 10.7. The van der Waals surface area contributed by atoms with Crippen LogP contribution in [0.15, 0.2) is 12.1 Å². The van der Waals surface area contributed by atoms with Crippen LogP contribution in [-0.2, 0) is 0 Å². The minimum Gasteiger partial charge on any atom is -0.545 e. The molecule has 0 saturated heterocycles. The van der Waals surface area contributed by atoms with Gasteiger partial charge in [0.15, 0.2) is 11.5 Å². The van der Waals surface area contributed by atoms with Crippen molar-refractivity contribution >= 4 is 28.6 Å². The van der Waals surface area contributed by atoms with E-state index in [-0.39, 0.29) is 5.56 Å². The maximum atomic E-state index is 10.7. The van der Waals surface area contributed by atoms with Crippen LogP contribution in [0, 0.1) is 3.57 Å². The van der Waals surface area contributed by atoms with Crippen molar-refractivity contribution in [1.82, 2.24) is 0 Å². The Labute approximate surface area is 95.0 Å². The highest BCUT2D eigenvalue weighted by molar-refractivity contribution is 14.1. The first kappa shape index (κ1) is 11.1. The normalized spacial score (nSPS) is 9.64. The van der Waals surface area contributed by atoms with Crippen molar-refractivity contribution < 1.29 is 19.4 Å². The molecule has 0 radical (unpaired) electrons. The Bertz CT molecular complexity index is 362. The summed E-state index contributed by atoms with van der Waals surface area (Å²) in [5.41, 5.74) is 0.100. The van der Waals surface area contributed by atoms with Crippen LogP contribution < -0.4 is 14.6 Å². The van der Waals surface area contributed by atoms with Crippen molar-refractivity contribution in [2.24, 2.45) is 0 Å². The fourth-order valence-electron chi connectivity index (χ4n) is 1.01. The molecule has 4 nitrogen and oxygen atoms in total. The van der Waals surface area contributed by atoms with Gasteiger partial charge < -0.3 is 19.4 Å². The number of methoxy groups -OCH3 is 2. The zero-order valence-corrected chi connectivity index (χ0v) is 9.82. The molecule has 0 amide bonds. The van der Waals surface area contributed by atoms with Gasteiger partial charge in [-0.1, -0.05) is 0 Å². The average molecular weight is 307 g/mol. The predicted octanol–water partition coefficient (Wildman–Crippen LogP) is 0.672.